The van der Waals surface area contributed by atoms with E-state index in [0.29, 0.717) is 16.7 Å². The monoisotopic (exact) mass is 448 g/mol. The zero-order valence-electron chi connectivity index (χ0n) is 16.6. The van der Waals surface area contributed by atoms with Gasteiger partial charge in [-0.25, -0.2) is 9.69 Å². The Kier molecular flexibility index (Phi) is 5.71. The van der Waals surface area contributed by atoms with Gasteiger partial charge in [0.2, 0.25) is 0 Å². The molecule has 0 saturated carbocycles. The summed E-state index contributed by atoms with van der Waals surface area (Å²) in [7, 11) is 3.26. The molecule has 1 fully saturated rings. The number of hydrogen-bond donors (Lipinski definition) is 1. The van der Waals surface area contributed by atoms with Crippen molar-refractivity contribution in [3.8, 4) is 0 Å². The van der Waals surface area contributed by atoms with Gasteiger partial charge in [-0.3, -0.25) is 25.0 Å². The van der Waals surface area contributed by atoms with Crippen LogP contribution in [0, 0.1) is 10.1 Å². The van der Waals surface area contributed by atoms with Gasteiger partial charge in [-0.05, 0) is 30.3 Å². The Morgan fingerprint density at radius 1 is 1.09 bits per heavy atom. The van der Waals surface area contributed by atoms with Crippen LogP contribution >= 0.6 is 0 Å². The number of hydrogen-bond acceptors (Lipinski definition) is 6. The van der Waals surface area contributed by atoms with Crippen molar-refractivity contribution < 1.29 is 32.5 Å². The van der Waals surface area contributed by atoms with Gasteiger partial charge in [0.15, 0.2) is 0 Å². The molecule has 0 bridgehead atoms. The van der Waals surface area contributed by atoms with Crippen LogP contribution in [0.2, 0.25) is 0 Å². The van der Waals surface area contributed by atoms with Crippen molar-refractivity contribution >= 4 is 41.0 Å². The number of nitrogens with one attached hydrogen (secondary N) is 1. The molecule has 2 aromatic carbocycles. The standard InChI is InChI=1S/C20H15F3N4O5/c1-25(2)16-7-6-14(27(31)32)8-11(16)9-15-17(28)24-19(30)26(18(15)29)13-5-3-4-12(10-13)20(21,22)23/h3-10H,1-2H3,(H,24,28,30)/b15-9-. The van der Waals surface area contributed by atoms with Crippen molar-refractivity contribution in [2.75, 3.05) is 23.9 Å². The molecule has 0 aliphatic carbocycles. The molecule has 0 atom stereocenters. The predicted molar refractivity (Wildman–Crippen MR) is 108 cm³/mol. The summed E-state index contributed by atoms with van der Waals surface area (Å²) in [6.07, 6.45) is -3.67. The Morgan fingerprint density at radius 2 is 1.78 bits per heavy atom. The number of nitro groups is 1. The molecule has 166 valence electrons. The van der Waals surface area contributed by atoms with Crippen LogP contribution in [0.3, 0.4) is 0 Å². The normalized spacial score (nSPS) is 15.7. The summed E-state index contributed by atoms with van der Waals surface area (Å²) in [5, 5.41) is 13.0. The molecule has 1 N–H and O–H groups in total. The first-order valence-electron chi connectivity index (χ1n) is 8.94. The lowest BCUT2D eigenvalue weighted by Gasteiger charge is -2.27. The highest BCUT2D eigenvalue weighted by atomic mass is 19.4. The molecule has 9 nitrogen and oxygen atoms in total. The number of anilines is 2. The van der Waals surface area contributed by atoms with Gasteiger partial charge in [-0.1, -0.05) is 6.07 Å². The van der Waals surface area contributed by atoms with Crippen molar-refractivity contribution in [2.24, 2.45) is 0 Å². The van der Waals surface area contributed by atoms with E-state index in [1.54, 1.807) is 19.0 Å². The lowest BCUT2D eigenvalue weighted by molar-refractivity contribution is -0.384. The van der Waals surface area contributed by atoms with Gasteiger partial charge < -0.3 is 4.90 Å². The summed E-state index contributed by atoms with van der Waals surface area (Å²) in [6, 6.07) is 6.05. The Balaban J connectivity index is 2.11. The first-order chi connectivity index (χ1) is 14.9. The zero-order valence-corrected chi connectivity index (χ0v) is 16.6. The molecule has 4 amide bonds. The molecule has 0 radical (unpaired) electrons. The van der Waals surface area contributed by atoms with E-state index in [9.17, 15) is 37.7 Å². The van der Waals surface area contributed by atoms with Crippen LogP contribution < -0.4 is 15.1 Å². The van der Waals surface area contributed by atoms with Crippen LogP contribution in [-0.2, 0) is 15.8 Å². The van der Waals surface area contributed by atoms with Gasteiger partial charge in [-0.2, -0.15) is 13.2 Å². The number of amides is 4. The molecular weight excluding hydrogens is 433 g/mol. The van der Waals surface area contributed by atoms with E-state index >= 15 is 0 Å². The average Bonchev–Trinajstić information content (AvgIpc) is 2.70. The second-order valence-corrected chi connectivity index (χ2v) is 6.90. The molecular formula is C20H15F3N4O5. The average molecular weight is 448 g/mol. The predicted octanol–water partition coefficient (Wildman–Crippen LogP) is 3.35. The van der Waals surface area contributed by atoms with Crippen LogP contribution in [-0.4, -0.2) is 36.9 Å². The van der Waals surface area contributed by atoms with Gasteiger partial charge in [0.05, 0.1) is 16.2 Å². The minimum atomic E-state index is -4.72. The number of nitro benzene ring substituents is 1. The molecule has 0 spiro atoms. The lowest BCUT2D eigenvalue weighted by Crippen LogP contribution is -2.54. The van der Waals surface area contributed by atoms with Gasteiger partial charge in [0.25, 0.3) is 17.5 Å². The summed E-state index contributed by atoms with van der Waals surface area (Å²) < 4.78 is 39.1. The number of benzene rings is 2. The van der Waals surface area contributed by atoms with E-state index in [0.717, 1.165) is 30.3 Å². The van der Waals surface area contributed by atoms with Gasteiger partial charge in [0, 0.05) is 37.5 Å². The maximum Gasteiger partial charge on any atom is 0.416 e. The second-order valence-electron chi connectivity index (χ2n) is 6.90. The Bertz CT molecular complexity index is 1170. The van der Waals surface area contributed by atoms with Crippen LogP contribution in [0.15, 0.2) is 48.0 Å². The fraction of sp³-hybridized carbons (Fsp3) is 0.150. The van der Waals surface area contributed by atoms with E-state index < -0.39 is 45.8 Å². The van der Waals surface area contributed by atoms with E-state index in [1.165, 1.54) is 12.1 Å². The molecule has 0 aromatic heterocycles. The number of rotatable bonds is 4. The topological polar surface area (TPSA) is 113 Å². The molecule has 1 heterocycles. The lowest BCUT2D eigenvalue weighted by atomic mass is 10.0. The third-order valence-electron chi connectivity index (χ3n) is 4.54. The van der Waals surface area contributed by atoms with Crippen molar-refractivity contribution in [3.05, 3.63) is 69.3 Å². The number of urea groups is 1. The molecule has 1 saturated heterocycles. The molecule has 32 heavy (non-hydrogen) atoms. The maximum atomic E-state index is 13.0. The first kappa shape index (κ1) is 22.5. The molecule has 0 unspecified atom stereocenters. The summed E-state index contributed by atoms with van der Waals surface area (Å²) >= 11 is 0. The Labute approximate surface area is 178 Å². The second kappa shape index (κ2) is 8.13. The summed E-state index contributed by atoms with van der Waals surface area (Å²) in [6.45, 7) is 0. The van der Waals surface area contributed by atoms with Crippen LogP contribution in [0.25, 0.3) is 6.08 Å². The van der Waals surface area contributed by atoms with Gasteiger partial charge >= 0.3 is 12.2 Å². The number of imide groups is 2. The van der Waals surface area contributed by atoms with Crippen molar-refractivity contribution in [1.82, 2.24) is 5.32 Å². The Morgan fingerprint density at radius 3 is 2.38 bits per heavy atom. The summed E-state index contributed by atoms with van der Waals surface area (Å²) in [5.41, 5.74) is -1.82. The summed E-state index contributed by atoms with van der Waals surface area (Å²) in [5.74, 6) is -2.26. The van der Waals surface area contributed by atoms with Crippen LogP contribution in [0.1, 0.15) is 11.1 Å². The quantitative estimate of drug-likeness (QED) is 0.332. The van der Waals surface area contributed by atoms with Crippen LogP contribution in [0.5, 0.6) is 0 Å². The SMILES string of the molecule is CN(C)c1ccc([N+](=O)[O-])cc1/C=C1/C(=O)NC(=O)N(c2cccc(C(F)(F)F)c2)C1=O. The first-order valence-corrected chi connectivity index (χ1v) is 8.94. The third-order valence-corrected chi connectivity index (χ3v) is 4.54. The minimum Gasteiger partial charge on any atom is -0.377 e. The highest BCUT2D eigenvalue weighted by Gasteiger charge is 2.38. The zero-order chi connectivity index (χ0) is 23.8. The van der Waals surface area contributed by atoms with Gasteiger partial charge in [-0.15, -0.1) is 0 Å². The third kappa shape index (κ3) is 4.29. The molecule has 3 rings (SSSR count). The maximum absolute atomic E-state index is 13.0. The minimum absolute atomic E-state index is 0.126. The number of non-ortho nitro benzene ring substituents is 1. The number of alkyl halides is 3. The molecule has 1 aliphatic rings. The molecule has 2 aromatic rings. The Hall–Kier alpha value is -4.22. The fourth-order valence-electron chi connectivity index (χ4n) is 3.05. The molecule has 12 heteroatoms. The van der Waals surface area contributed by atoms with Crippen molar-refractivity contribution in [1.29, 1.82) is 0 Å². The van der Waals surface area contributed by atoms with E-state index in [1.807, 2.05) is 5.32 Å². The highest BCUT2D eigenvalue weighted by molar-refractivity contribution is 6.39. The largest absolute Gasteiger partial charge is 0.416 e. The number of carbonyl (C=O) groups excluding carboxylic acids is 3. The van der Waals surface area contributed by atoms with Gasteiger partial charge in [0.1, 0.15) is 5.57 Å². The fourth-order valence-corrected chi connectivity index (χ4v) is 3.05. The van der Waals surface area contributed by atoms with E-state index in [2.05, 4.69) is 0 Å². The summed E-state index contributed by atoms with van der Waals surface area (Å²) in [4.78, 5) is 50.0. The smallest absolute Gasteiger partial charge is 0.377 e. The van der Waals surface area contributed by atoms with E-state index in [4.69, 9.17) is 0 Å². The van der Waals surface area contributed by atoms with E-state index in [-0.39, 0.29) is 11.3 Å². The number of nitrogens with zero attached hydrogens (tertiary/aromatic N) is 3. The number of carbonyl (C=O) groups is 3. The molecule has 1 aliphatic heterocycles. The van der Waals surface area contributed by atoms with Crippen molar-refractivity contribution in [3.63, 3.8) is 0 Å². The number of barbiturate groups is 1. The number of halogens is 3. The van der Waals surface area contributed by atoms with Crippen LogP contribution in [0.4, 0.5) is 35.0 Å². The van der Waals surface area contributed by atoms with Crippen molar-refractivity contribution in [2.45, 2.75) is 6.18 Å². The highest BCUT2D eigenvalue weighted by Crippen LogP contribution is 2.33.